The van der Waals surface area contributed by atoms with E-state index in [-0.39, 0.29) is 10.0 Å². The Bertz CT molecular complexity index is 673. The summed E-state index contributed by atoms with van der Waals surface area (Å²) in [5, 5.41) is 1.24. The number of hydrogen-bond donors (Lipinski definition) is 0. The Balaban J connectivity index is 2.98. The van der Waals surface area contributed by atoms with Crippen LogP contribution in [0.4, 0.5) is 0 Å². The molecule has 2 aromatic rings. The maximum Gasteiger partial charge on any atom is 0.263 e. The summed E-state index contributed by atoms with van der Waals surface area (Å²) in [7, 11) is 1.48. The van der Waals surface area contributed by atoms with E-state index >= 15 is 0 Å². The van der Waals surface area contributed by atoms with Gasteiger partial charge in [0.15, 0.2) is 0 Å². The molecule has 0 aliphatic rings. The number of fused-ring (bicyclic) bond motifs is 1. The van der Waals surface area contributed by atoms with Gasteiger partial charge in [-0.3, -0.25) is 0 Å². The van der Waals surface area contributed by atoms with Crippen molar-refractivity contribution in [2.45, 2.75) is 4.90 Å². The van der Waals surface area contributed by atoms with Crippen molar-refractivity contribution in [3.05, 3.63) is 34.0 Å². The fraction of sp³-hybridized carbons (Fsp3) is 0. The Morgan fingerprint density at radius 2 is 1.94 bits per heavy atom. The van der Waals surface area contributed by atoms with Gasteiger partial charge in [-0.05, 0) is 12.1 Å². The zero-order valence-electron chi connectivity index (χ0n) is 7.62. The van der Waals surface area contributed by atoms with Crippen molar-refractivity contribution in [2.24, 2.45) is 0 Å². The molecule has 2 rings (SSSR count). The molecule has 3 nitrogen and oxygen atoms in total. The van der Waals surface area contributed by atoms with Gasteiger partial charge in [0.05, 0.1) is 0 Å². The molecule has 0 spiro atoms. The van der Waals surface area contributed by atoms with E-state index in [0.29, 0.717) is 10.8 Å². The van der Waals surface area contributed by atoms with E-state index in [9.17, 15) is 8.42 Å². The molecule has 1 aromatic carbocycles. The minimum absolute atomic E-state index is 0.0464. The first kappa shape index (κ1) is 12.1. The lowest BCUT2D eigenvalue weighted by Gasteiger charge is -2.04. The van der Waals surface area contributed by atoms with Crippen LogP contribution < -0.4 is 0 Å². The van der Waals surface area contributed by atoms with Crippen LogP contribution in [0.1, 0.15) is 0 Å². The van der Waals surface area contributed by atoms with E-state index < -0.39 is 9.05 Å². The number of pyridine rings is 1. The molecule has 1 heterocycles. The fourth-order valence-corrected chi connectivity index (χ4v) is 2.90. The van der Waals surface area contributed by atoms with Crippen molar-refractivity contribution in [3.8, 4) is 0 Å². The molecule has 0 saturated heterocycles. The van der Waals surface area contributed by atoms with Gasteiger partial charge in [-0.2, -0.15) is 0 Å². The maximum atomic E-state index is 11.3. The van der Waals surface area contributed by atoms with Gasteiger partial charge in [0.2, 0.25) is 0 Å². The van der Waals surface area contributed by atoms with Crippen molar-refractivity contribution in [2.75, 3.05) is 0 Å². The Morgan fingerprint density at radius 1 is 1.25 bits per heavy atom. The predicted molar refractivity (Wildman–Crippen MR) is 67.5 cm³/mol. The van der Waals surface area contributed by atoms with Gasteiger partial charge < -0.3 is 0 Å². The Morgan fingerprint density at radius 3 is 2.56 bits per heavy atom. The van der Waals surface area contributed by atoms with Crippen LogP contribution in [0.3, 0.4) is 0 Å². The normalized spacial score (nSPS) is 11.9. The smallest absolute Gasteiger partial charge is 0.242 e. The van der Waals surface area contributed by atoms with Crippen molar-refractivity contribution in [3.63, 3.8) is 0 Å². The standard InChI is InChI=1S/C9H4BrCl2NO2S/c10-5-1-2-6-7(3-5)8(16(12,14)15)4-13-9(6)11/h1-4H. The molecular formula is C9H4BrCl2NO2S. The van der Waals surface area contributed by atoms with E-state index in [1.165, 1.54) is 0 Å². The van der Waals surface area contributed by atoms with Gasteiger partial charge in [-0.15, -0.1) is 0 Å². The van der Waals surface area contributed by atoms with E-state index in [2.05, 4.69) is 20.9 Å². The minimum Gasteiger partial charge on any atom is -0.242 e. The molecule has 0 amide bonds. The van der Waals surface area contributed by atoms with Crippen molar-refractivity contribution < 1.29 is 8.42 Å². The van der Waals surface area contributed by atoms with Crippen molar-refractivity contribution in [1.29, 1.82) is 0 Å². The molecule has 0 aliphatic carbocycles. The quantitative estimate of drug-likeness (QED) is 0.588. The second-order valence-electron chi connectivity index (χ2n) is 3.04. The lowest BCUT2D eigenvalue weighted by atomic mass is 10.2. The molecule has 0 aliphatic heterocycles. The van der Waals surface area contributed by atoms with Crippen LogP contribution in [0.15, 0.2) is 33.8 Å². The number of aromatic nitrogens is 1. The van der Waals surface area contributed by atoms with Crippen molar-refractivity contribution >= 4 is 58.0 Å². The highest BCUT2D eigenvalue weighted by atomic mass is 79.9. The Labute approximate surface area is 110 Å². The number of rotatable bonds is 1. The summed E-state index contributed by atoms with van der Waals surface area (Å²) in [5.41, 5.74) is 0. The van der Waals surface area contributed by atoms with Crippen LogP contribution in [0, 0.1) is 0 Å². The summed E-state index contributed by atoms with van der Waals surface area (Å²) in [6.45, 7) is 0. The largest absolute Gasteiger partial charge is 0.263 e. The van der Waals surface area contributed by atoms with Crippen LogP contribution in [0.2, 0.25) is 5.15 Å². The second-order valence-corrected chi connectivity index (χ2v) is 6.85. The van der Waals surface area contributed by atoms with Crippen LogP contribution >= 0.6 is 38.2 Å². The number of hydrogen-bond acceptors (Lipinski definition) is 3. The number of benzene rings is 1. The average molecular weight is 341 g/mol. The van der Waals surface area contributed by atoms with Crippen LogP contribution in [-0.4, -0.2) is 13.4 Å². The van der Waals surface area contributed by atoms with E-state index in [1.54, 1.807) is 18.2 Å². The van der Waals surface area contributed by atoms with E-state index in [0.717, 1.165) is 10.7 Å². The predicted octanol–water partition coefficient (Wildman–Crippen LogP) is 3.58. The Kier molecular flexibility index (Phi) is 3.13. The van der Waals surface area contributed by atoms with Crippen molar-refractivity contribution in [1.82, 2.24) is 4.98 Å². The molecule has 16 heavy (non-hydrogen) atoms. The fourth-order valence-electron chi connectivity index (χ4n) is 1.35. The van der Waals surface area contributed by atoms with Crippen LogP contribution in [-0.2, 0) is 9.05 Å². The first-order valence-electron chi connectivity index (χ1n) is 4.08. The molecule has 0 fully saturated rings. The van der Waals surface area contributed by atoms with Gasteiger partial charge in [-0.25, -0.2) is 13.4 Å². The third-order valence-electron chi connectivity index (χ3n) is 2.03. The molecule has 0 unspecified atom stereocenters. The third-order valence-corrected chi connectivity index (χ3v) is 4.17. The zero-order chi connectivity index (χ0) is 11.9. The molecule has 84 valence electrons. The third kappa shape index (κ3) is 2.18. The highest BCUT2D eigenvalue weighted by Crippen LogP contribution is 2.31. The van der Waals surface area contributed by atoms with Crippen LogP contribution in [0.5, 0.6) is 0 Å². The minimum atomic E-state index is -3.83. The van der Waals surface area contributed by atoms with Gasteiger partial charge in [0.1, 0.15) is 10.0 Å². The molecular weight excluding hydrogens is 337 g/mol. The van der Waals surface area contributed by atoms with E-state index in [4.69, 9.17) is 22.3 Å². The van der Waals surface area contributed by atoms with Crippen LogP contribution in [0.25, 0.3) is 10.8 Å². The molecule has 0 saturated carbocycles. The molecule has 0 bridgehead atoms. The highest BCUT2D eigenvalue weighted by molar-refractivity contribution is 9.10. The lowest BCUT2D eigenvalue weighted by molar-refractivity contribution is 0.610. The first-order valence-corrected chi connectivity index (χ1v) is 7.56. The topological polar surface area (TPSA) is 47.0 Å². The lowest BCUT2D eigenvalue weighted by Crippen LogP contribution is -1.94. The maximum absolute atomic E-state index is 11.3. The zero-order valence-corrected chi connectivity index (χ0v) is 11.5. The van der Waals surface area contributed by atoms with E-state index in [1.807, 2.05) is 0 Å². The summed E-state index contributed by atoms with van der Waals surface area (Å²) in [6.07, 6.45) is 1.15. The molecule has 0 atom stereocenters. The number of halogens is 3. The summed E-state index contributed by atoms with van der Waals surface area (Å²) >= 11 is 9.12. The van der Waals surface area contributed by atoms with Gasteiger partial charge in [0, 0.05) is 32.1 Å². The summed E-state index contributed by atoms with van der Waals surface area (Å²) in [6, 6.07) is 5.07. The first-order chi connectivity index (χ1) is 7.39. The summed E-state index contributed by atoms with van der Waals surface area (Å²) in [5.74, 6) is 0. The molecule has 7 heteroatoms. The summed E-state index contributed by atoms with van der Waals surface area (Å²) in [4.78, 5) is 3.74. The molecule has 0 radical (unpaired) electrons. The highest BCUT2D eigenvalue weighted by Gasteiger charge is 2.16. The number of nitrogens with zero attached hydrogens (tertiary/aromatic N) is 1. The van der Waals surface area contributed by atoms with Gasteiger partial charge in [-0.1, -0.05) is 33.6 Å². The van der Waals surface area contributed by atoms with Gasteiger partial charge in [0.25, 0.3) is 9.05 Å². The SMILES string of the molecule is O=S(=O)(Cl)c1cnc(Cl)c2ccc(Br)cc12. The Hall–Kier alpha value is -0.360. The monoisotopic (exact) mass is 339 g/mol. The second kappa shape index (κ2) is 4.14. The molecule has 0 N–H and O–H groups in total. The average Bonchev–Trinajstić information content (AvgIpc) is 2.15. The summed E-state index contributed by atoms with van der Waals surface area (Å²) < 4.78 is 23.4. The molecule has 1 aromatic heterocycles. The van der Waals surface area contributed by atoms with Gasteiger partial charge >= 0.3 is 0 Å².